The minimum Gasteiger partial charge on any atom is -0.507 e. The van der Waals surface area contributed by atoms with Crippen molar-refractivity contribution < 1.29 is 15.0 Å². The molecule has 0 saturated carbocycles. The fourth-order valence-corrected chi connectivity index (χ4v) is 1.70. The third-order valence-corrected chi connectivity index (χ3v) is 2.36. The Morgan fingerprint density at radius 3 is 2.40 bits per heavy atom. The molecule has 1 rings (SSSR count). The zero-order valence-electron chi connectivity index (χ0n) is 8.27. The number of rotatable bonds is 3. The number of benzene rings is 1. The van der Waals surface area contributed by atoms with Crippen molar-refractivity contribution in [3.63, 3.8) is 0 Å². The molecule has 2 N–H and O–H groups in total. The van der Waals surface area contributed by atoms with E-state index < -0.39 is 5.91 Å². The second kappa shape index (κ2) is 5.02. The first kappa shape index (κ1) is 11.8. The van der Waals surface area contributed by atoms with E-state index in [1.54, 1.807) is 7.05 Å². The summed E-state index contributed by atoms with van der Waals surface area (Å²) >= 11 is 3.21. The van der Waals surface area contributed by atoms with E-state index >= 15 is 0 Å². The molecule has 0 aromatic heterocycles. The molecule has 1 amide bonds. The number of phenolic OH excluding ortho intramolecular Hbond substituents is 2. The molecule has 15 heavy (non-hydrogen) atoms. The SMILES string of the molecule is CN(CCBr)C(=O)c1c(O)cccc1O. The highest BCUT2D eigenvalue weighted by atomic mass is 79.9. The van der Waals surface area contributed by atoms with Gasteiger partial charge in [-0.1, -0.05) is 22.0 Å². The summed E-state index contributed by atoms with van der Waals surface area (Å²) in [5.74, 6) is -0.812. The lowest BCUT2D eigenvalue weighted by Gasteiger charge is -2.16. The normalized spacial score (nSPS) is 10.0. The molecule has 0 radical (unpaired) electrons. The monoisotopic (exact) mass is 273 g/mol. The molecule has 0 bridgehead atoms. The van der Waals surface area contributed by atoms with Gasteiger partial charge in [0, 0.05) is 18.9 Å². The number of carbonyl (C=O) groups excluding carboxylic acids is 1. The fourth-order valence-electron chi connectivity index (χ4n) is 1.17. The van der Waals surface area contributed by atoms with Crippen molar-refractivity contribution in [2.75, 3.05) is 18.9 Å². The maximum Gasteiger partial charge on any atom is 0.261 e. The zero-order valence-corrected chi connectivity index (χ0v) is 9.86. The number of phenols is 2. The predicted molar refractivity (Wildman–Crippen MR) is 60.5 cm³/mol. The average molecular weight is 274 g/mol. The molecule has 0 saturated heterocycles. The van der Waals surface area contributed by atoms with Crippen molar-refractivity contribution in [3.05, 3.63) is 23.8 Å². The summed E-state index contributed by atoms with van der Waals surface area (Å²) in [4.78, 5) is 13.2. The van der Waals surface area contributed by atoms with Crippen molar-refractivity contribution in [3.8, 4) is 11.5 Å². The van der Waals surface area contributed by atoms with Gasteiger partial charge in [0.25, 0.3) is 5.91 Å². The molecule has 0 spiro atoms. The Bertz CT molecular complexity index is 347. The van der Waals surface area contributed by atoms with Crippen LogP contribution in [0.3, 0.4) is 0 Å². The van der Waals surface area contributed by atoms with Gasteiger partial charge in [-0.3, -0.25) is 4.79 Å². The molecular weight excluding hydrogens is 262 g/mol. The summed E-state index contributed by atoms with van der Waals surface area (Å²) in [6, 6.07) is 4.22. The number of aromatic hydroxyl groups is 2. The van der Waals surface area contributed by atoms with E-state index in [-0.39, 0.29) is 17.1 Å². The van der Waals surface area contributed by atoms with Crippen LogP contribution < -0.4 is 0 Å². The van der Waals surface area contributed by atoms with Crippen LogP contribution in [0.25, 0.3) is 0 Å². The van der Waals surface area contributed by atoms with Gasteiger partial charge in [-0.2, -0.15) is 0 Å². The van der Waals surface area contributed by atoms with Crippen LogP contribution in [-0.4, -0.2) is 39.9 Å². The second-order valence-corrected chi connectivity index (χ2v) is 3.88. The van der Waals surface area contributed by atoms with Crippen molar-refractivity contribution >= 4 is 21.8 Å². The standard InChI is InChI=1S/C10H12BrNO3/c1-12(6-5-11)10(15)9-7(13)3-2-4-8(9)14/h2-4,13-14H,5-6H2,1H3. The van der Waals surface area contributed by atoms with Crippen LogP contribution in [0.2, 0.25) is 0 Å². The molecule has 0 aliphatic carbocycles. The summed E-state index contributed by atoms with van der Waals surface area (Å²) < 4.78 is 0. The highest BCUT2D eigenvalue weighted by molar-refractivity contribution is 9.09. The maximum atomic E-state index is 11.8. The third kappa shape index (κ3) is 2.62. The van der Waals surface area contributed by atoms with Gasteiger partial charge in [0.15, 0.2) is 0 Å². The van der Waals surface area contributed by atoms with Gasteiger partial charge in [0.05, 0.1) is 0 Å². The van der Waals surface area contributed by atoms with Gasteiger partial charge >= 0.3 is 0 Å². The number of hydrogen-bond donors (Lipinski definition) is 2. The number of hydrogen-bond acceptors (Lipinski definition) is 3. The predicted octanol–water partition coefficient (Wildman–Crippen LogP) is 1.56. The zero-order chi connectivity index (χ0) is 11.4. The van der Waals surface area contributed by atoms with E-state index in [4.69, 9.17) is 0 Å². The summed E-state index contributed by atoms with van der Waals surface area (Å²) in [6.45, 7) is 0.507. The lowest BCUT2D eigenvalue weighted by Crippen LogP contribution is -2.28. The average Bonchev–Trinajstić information content (AvgIpc) is 2.17. The van der Waals surface area contributed by atoms with Crippen LogP contribution in [0.1, 0.15) is 10.4 Å². The molecule has 0 atom stereocenters. The minimum absolute atomic E-state index is 0.0547. The second-order valence-electron chi connectivity index (χ2n) is 3.09. The Kier molecular flexibility index (Phi) is 3.96. The van der Waals surface area contributed by atoms with Crippen LogP contribution in [-0.2, 0) is 0 Å². The van der Waals surface area contributed by atoms with Crippen LogP contribution in [0, 0.1) is 0 Å². The molecule has 0 unspecified atom stereocenters. The number of nitrogens with zero attached hydrogens (tertiary/aromatic N) is 1. The van der Waals surface area contributed by atoms with Crippen LogP contribution >= 0.6 is 15.9 Å². The molecule has 1 aromatic rings. The van der Waals surface area contributed by atoms with Gasteiger partial charge in [-0.05, 0) is 12.1 Å². The lowest BCUT2D eigenvalue weighted by atomic mass is 10.1. The van der Waals surface area contributed by atoms with E-state index in [2.05, 4.69) is 15.9 Å². The Balaban J connectivity index is 3.00. The molecule has 0 aliphatic heterocycles. The van der Waals surface area contributed by atoms with E-state index in [0.717, 1.165) is 0 Å². The lowest BCUT2D eigenvalue weighted by molar-refractivity contribution is 0.0798. The van der Waals surface area contributed by atoms with Gasteiger partial charge in [-0.15, -0.1) is 0 Å². The van der Waals surface area contributed by atoms with Crippen molar-refractivity contribution in [1.82, 2.24) is 4.90 Å². The van der Waals surface area contributed by atoms with Crippen LogP contribution in [0.4, 0.5) is 0 Å². The molecule has 0 aliphatic rings. The molecule has 0 heterocycles. The van der Waals surface area contributed by atoms with E-state index in [1.807, 2.05) is 0 Å². The highest BCUT2D eigenvalue weighted by Crippen LogP contribution is 2.27. The summed E-state index contributed by atoms with van der Waals surface area (Å²) in [5, 5.41) is 19.6. The van der Waals surface area contributed by atoms with Gasteiger partial charge in [0.1, 0.15) is 17.1 Å². The smallest absolute Gasteiger partial charge is 0.261 e. The fraction of sp³-hybridized carbons (Fsp3) is 0.300. The van der Waals surface area contributed by atoms with Crippen LogP contribution in [0.5, 0.6) is 11.5 Å². The first-order chi connectivity index (χ1) is 7.07. The molecule has 4 nitrogen and oxygen atoms in total. The molecular formula is C10H12BrNO3. The van der Waals surface area contributed by atoms with Gasteiger partial charge in [0.2, 0.25) is 0 Å². The van der Waals surface area contributed by atoms with Crippen LogP contribution in [0.15, 0.2) is 18.2 Å². The van der Waals surface area contributed by atoms with Gasteiger partial charge in [-0.25, -0.2) is 0 Å². The quantitative estimate of drug-likeness (QED) is 0.822. The van der Waals surface area contributed by atoms with Crippen molar-refractivity contribution in [2.45, 2.75) is 0 Å². The molecule has 0 fully saturated rings. The first-order valence-corrected chi connectivity index (χ1v) is 5.52. The Hall–Kier alpha value is -1.23. The number of halogens is 1. The largest absolute Gasteiger partial charge is 0.507 e. The maximum absolute atomic E-state index is 11.8. The third-order valence-electron chi connectivity index (χ3n) is 2.00. The number of amides is 1. The van der Waals surface area contributed by atoms with E-state index in [1.165, 1.54) is 23.1 Å². The Morgan fingerprint density at radius 1 is 1.40 bits per heavy atom. The first-order valence-electron chi connectivity index (χ1n) is 4.40. The minimum atomic E-state index is -0.398. The topological polar surface area (TPSA) is 60.8 Å². The molecule has 5 heteroatoms. The van der Waals surface area contributed by atoms with E-state index in [0.29, 0.717) is 11.9 Å². The highest BCUT2D eigenvalue weighted by Gasteiger charge is 2.19. The van der Waals surface area contributed by atoms with E-state index in [9.17, 15) is 15.0 Å². The van der Waals surface area contributed by atoms with Crippen molar-refractivity contribution in [2.24, 2.45) is 0 Å². The van der Waals surface area contributed by atoms with Gasteiger partial charge < -0.3 is 15.1 Å². The molecule has 1 aromatic carbocycles. The number of carbonyl (C=O) groups is 1. The summed E-state index contributed by atoms with van der Waals surface area (Å²) in [6.07, 6.45) is 0. The van der Waals surface area contributed by atoms with Crippen molar-refractivity contribution in [1.29, 1.82) is 0 Å². The Labute approximate surface area is 96.3 Å². The summed E-state index contributed by atoms with van der Waals surface area (Å²) in [7, 11) is 1.61. The Morgan fingerprint density at radius 2 is 1.93 bits per heavy atom. The number of alkyl halides is 1. The molecule has 82 valence electrons. The summed E-state index contributed by atoms with van der Waals surface area (Å²) in [5.41, 5.74) is -0.0547.